The van der Waals surface area contributed by atoms with Crippen molar-refractivity contribution in [2.75, 3.05) is 0 Å². The van der Waals surface area contributed by atoms with Crippen molar-refractivity contribution in [3.63, 3.8) is 0 Å². The van der Waals surface area contributed by atoms with E-state index in [0.29, 0.717) is 5.92 Å². The van der Waals surface area contributed by atoms with Crippen LogP contribution >= 0.6 is 11.3 Å². The molecule has 2 unspecified atom stereocenters. The molecule has 3 rings (SSSR count). The van der Waals surface area contributed by atoms with Gasteiger partial charge in [0, 0.05) is 10.8 Å². The Bertz CT molecular complexity index is 517. The van der Waals surface area contributed by atoms with Gasteiger partial charge >= 0.3 is 0 Å². The monoisotopic (exact) mass is 272 g/mol. The molecule has 19 heavy (non-hydrogen) atoms. The van der Waals surface area contributed by atoms with Gasteiger partial charge in [-0.25, -0.2) is 0 Å². The zero-order valence-electron chi connectivity index (χ0n) is 11.1. The van der Waals surface area contributed by atoms with Crippen LogP contribution in [-0.2, 0) is 12.8 Å². The minimum Gasteiger partial charge on any atom is -0.392 e. The molecular formula is C17H20OS. The highest BCUT2D eigenvalue weighted by molar-refractivity contribution is 7.10. The Morgan fingerprint density at radius 2 is 2.05 bits per heavy atom. The normalized spacial score (nSPS) is 19.9. The van der Waals surface area contributed by atoms with E-state index in [1.165, 1.54) is 28.8 Å². The molecule has 0 amide bonds. The molecule has 0 saturated carbocycles. The molecule has 100 valence electrons. The molecule has 2 heteroatoms. The van der Waals surface area contributed by atoms with Crippen LogP contribution in [0, 0.1) is 0 Å². The van der Waals surface area contributed by atoms with Gasteiger partial charge in [0.05, 0.1) is 6.10 Å². The Balaban J connectivity index is 1.64. The Kier molecular flexibility index (Phi) is 4.00. The molecule has 1 nitrogen and oxygen atoms in total. The lowest BCUT2D eigenvalue weighted by Gasteiger charge is -2.27. The largest absolute Gasteiger partial charge is 0.392 e. The Morgan fingerprint density at radius 3 is 2.89 bits per heavy atom. The Labute approximate surface area is 118 Å². The smallest absolute Gasteiger partial charge is 0.0612 e. The summed E-state index contributed by atoms with van der Waals surface area (Å²) in [7, 11) is 0. The van der Waals surface area contributed by atoms with E-state index in [4.69, 9.17) is 0 Å². The van der Waals surface area contributed by atoms with Gasteiger partial charge in [-0.2, -0.15) is 0 Å². The first kappa shape index (κ1) is 12.9. The first-order valence-electron chi connectivity index (χ1n) is 7.13. The summed E-state index contributed by atoms with van der Waals surface area (Å²) in [5.41, 5.74) is 2.74. The van der Waals surface area contributed by atoms with E-state index in [-0.39, 0.29) is 6.10 Å². The number of rotatable bonds is 4. The average molecular weight is 272 g/mol. The van der Waals surface area contributed by atoms with Gasteiger partial charge in [-0.15, -0.1) is 11.3 Å². The van der Waals surface area contributed by atoms with Crippen LogP contribution in [0.3, 0.4) is 0 Å². The number of thiophene rings is 1. The second-order valence-electron chi connectivity index (χ2n) is 5.39. The molecule has 2 atom stereocenters. The van der Waals surface area contributed by atoms with Gasteiger partial charge < -0.3 is 5.11 Å². The second-order valence-corrected chi connectivity index (χ2v) is 6.39. The first-order valence-corrected chi connectivity index (χ1v) is 8.01. The highest BCUT2D eigenvalue weighted by Crippen LogP contribution is 2.37. The van der Waals surface area contributed by atoms with Crippen molar-refractivity contribution in [2.45, 2.75) is 44.1 Å². The van der Waals surface area contributed by atoms with Crippen LogP contribution in [0.2, 0.25) is 0 Å². The van der Waals surface area contributed by atoms with Crippen molar-refractivity contribution < 1.29 is 5.11 Å². The highest BCUT2D eigenvalue weighted by Gasteiger charge is 2.27. The fourth-order valence-electron chi connectivity index (χ4n) is 3.08. The Hall–Kier alpha value is -1.12. The molecule has 0 radical (unpaired) electrons. The minimum absolute atomic E-state index is 0.200. The van der Waals surface area contributed by atoms with E-state index < -0.39 is 0 Å². The molecular weight excluding hydrogens is 252 g/mol. The first-order chi connectivity index (χ1) is 9.34. The number of benzene rings is 1. The number of aliphatic hydroxyl groups excluding tert-OH is 1. The van der Waals surface area contributed by atoms with Crippen LogP contribution in [0.15, 0.2) is 41.8 Å². The average Bonchev–Trinajstić information content (AvgIpc) is 2.94. The second kappa shape index (κ2) is 5.89. The van der Waals surface area contributed by atoms with E-state index in [1.807, 2.05) is 17.4 Å². The Morgan fingerprint density at radius 1 is 1.21 bits per heavy atom. The predicted octanol–water partition coefficient (Wildman–Crippen LogP) is 4.16. The lowest BCUT2D eigenvalue weighted by molar-refractivity contribution is 0.126. The van der Waals surface area contributed by atoms with E-state index in [1.54, 1.807) is 0 Å². The summed E-state index contributed by atoms with van der Waals surface area (Å²) in [4.78, 5) is 1.50. The van der Waals surface area contributed by atoms with E-state index in [2.05, 4.69) is 35.7 Å². The molecule has 1 aromatic carbocycles. The standard InChI is InChI=1S/C17H20OS/c18-16(10-9-13-5-2-1-3-6-13)14-7-4-8-17-15(14)11-12-19-17/h1-3,5-6,11-12,14,16,18H,4,7-10H2. The minimum atomic E-state index is -0.200. The van der Waals surface area contributed by atoms with Crippen LogP contribution in [-0.4, -0.2) is 11.2 Å². The van der Waals surface area contributed by atoms with Gasteiger partial charge in [-0.1, -0.05) is 30.3 Å². The number of hydrogen-bond donors (Lipinski definition) is 1. The molecule has 1 heterocycles. The number of aliphatic hydroxyl groups is 1. The maximum absolute atomic E-state index is 10.5. The van der Waals surface area contributed by atoms with Gasteiger partial charge in [-0.3, -0.25) is 0 Å². The number of aryl methyl sites for hydroxylation is 2. The zero-order valence-corrected chi connectivity index (χ0v) is 11.9. The van der Waals surface area contributed by atoms with Gasteiger partial charge in [0.1, 0.15) is 0 Å². The quantitative estimate of drug-likeness (QED) is 0.886. The topological polar surface area (TPSA) is 20.2 Å². The summed E-state index contributed by atoms with van der Waals surface area (Å²) in [5.74, 6) is 0.360. The van der Waals surface area contributed by atoms with E-state index in [0.717, 1.165) is 19.3 Å². The van der Waals surface area contributed by atoms with Crippen molar-refractivity contribution in [1.29, 1.82) is 0 Å². The third-order valence-electron chi connectivity index (χ3n) is 4.13. The molecule has 0 aliphatic heterocycles. The van der Waals surface area contributed by atoms with E-state index in [9.17, 15) is 5.11 Å². The molecule has 1 N–H and O–H groups in total. The summed E-state index contributed by atoms with van der Waals surface area (Å²) < 4.78 is 0. The summed E-state index contributed by atoms with van der Waals surface area (Å²) in [5, 5.41) is 12.7. The molecule has 1 aliphatic rings. The lowest BCUT2D eigenvalue weighted by atomic mass is 9.82. The molecule has 1 aliphatic carbocycles. The molecule has 0 saturated heterocycles. The van der Waals surface area contributed by atoms with Gasteiger partial charge in [0.25, 0.3) is 0 Å². The summed E-state index contributed by atoms with van der Waals surface area (Å²) in [6.07, 6.45) is 5.20. The molecule has 2 aromatic rings. The number of fused-ring (bicyclic) bond motifs is 1. The van der Waals surface area contributed by atoms with Crippen LogP contribution in [0.4, 0.5) is 0 Å². The summed E-state index contributed by atoms with van der Waals surface area (Å²) >= 11 is 1.85. The lowest BCUT2D eigenvalue weighted by Crippen LogP contribution is -2.22. The fraction of sp³-hybridized carbons (Fsp3) is 0.412. The zero-order chi connectivity index (χ0) is 13.1. The van der Waals surface area contributed by atoms with Crippen molar-refractivity contribution in [3.05, 3.63) is 57.8 Å². The van der Waals surface area contributed by atoms with Gasteiger partial charge in [0.15, 0.2) is 0 Å². The van der Waals surface area contributed by atoms with Crippen LogP contribution in [0.1, 0.15) is 41.2 Å². The number of hydrogen-bond acceptors (Lipinski definition) is 2. The SMILES string of the molecule is OC(CCc1ccccc1)C1CCCc2sccc21. The third-order valence-corrected chi connectivity index (χ3v) is 5.13. The van der Waals surface area contributed by atoms with Gasteiger partial charge in [0.2, 0.25) is 0 Å². The maximum atomic E-state index is 10.5. The van der Waals surface area contributed by atoms with Crippen molar-refractivity contribution in [1.82, 2.24) is 0 Å². The third kappa shape index (κ3) is 2.90. The summed E-state index contributed by atoms with van der Waals surface area (Å²) in [6.45, 7) is 0. The molecule has 1 aromatic heterocycles. The van der Waals surface area contributed by atoms with Crippen molar-refractivity contribution in [3.8, 4) is 0 Å². The molecule has 0 fully saturated rings. The highest BCUT2D eigenvalue weighted by atomic mass is 32.1. The predicted molar refractivity (Wildman–Crippen MR) is 80.8 cm³/mol. The van der Waals surface area contributed by atoms with Crippen LogP contribution in [0.25, 0.3) is 0 Å². The molecule has 0 bridgehead atoms. The molecule has 0 spiro atoms. The van der Waals surface area contributed by atoms with Crippen LogP contribution in [0.5, 0.6) is 0 Å². The summed E-state index contributed by atoms with van der Waals surface area (Å²) in [6, 6.07) is 12.7. The maximum Gasteiger partial charge on any atom is 0.0612 e. The van der Waals surface area contributed by atoms with Crippen molar-refractivity contribution >= 4 is 11.3 Å². The van der Waals surface area contributed by atoms with Crippen LogP contribution < -0.4 is 0 Å². The van der Waals surface area contributed by atoms with Gasteiger partial charge in [-0.05, 0) is 54.7 Å². The van der Waals surface area contributed by atoms with E-state index >= 15 is 0 Å². The fourth-order valence-corrected chi connectivity index (χ4v) is 4.08. The van der Waals surface area contributed by atoms with Crippen molar-refractivity contribution in [2.24, 2.45) is 0 Å².